The van der Waals surface area contributed by atoms with E-state index in [2.05, 4.69) is 30.0 Å². The van der Waals surface area contributed by atoms with Gasteiger partial charge in [-0.15, -0.1) is 0 Å². The number of sulfonamides is 1. The Morgan fingerprint density at radius 2 is 1.89 bits per heavy atom. The van der Waals surface area contributed by atoms with Crippen LogP contribution in [0.5, 0.6) is 0 Å². The third kappa shape index (κ3) is 5.70. The van der Waals surface area contributed by atoms with Crippen LogP contribution in [0.3, 0.4) is 0 Å². The number of nitrogens with two attached hydrogens (primary N) is 1. The number of nitrogens with zero attached hydrogens (tertiary/aromatic N) is 5. The summed E-state index contributed by atoms with van der Waals surface area (Å²) in [6, 6.07) is 1.76. The van der Waals surface area contributed by atoms with Gasteiger partial charge in [-0.2, -0.15) is 4.98 Å². The Labute approximate surface area is 157 Å². The lowest BCUT2D eigenvalue weighted by Crippen LogP contribution is -2.37. The van der Waals surface area contributed by atoms with Gasteiger partial charge in [-0.1, -0.05) is 0 Å². The van der Waals surface area contributed by atoms with Gasteiger partial charge in [0.2, 0.25) is 21.9 Å². The molecular weight excluding hydrogens is 372 g/mol. The smallest absolute Gasteiger partial charge is 0.228 e. The molecule has 2 aromatic rings. The first-order chi connectivity index (χ1) is 12.9. The number of morpholine rings is 1. The Hall–Kier alpha value is -2.57. The molecule has 3 heterocycles. The van der Waals surface area contributed by atoms with Crippen LogP contribution in [0.1, 0.15) is 0 Å². The lowest BCUT2D eigenvalue weighted by atomic mass is 10.2. The lowest BCUT2D eigenvalue weighted by molar-refractivity contribution is 0.122. The second kappa shape index (κ2) is 8.41. The Balaban J connectivity index is 1.82. The van der Waals surface area contributed by atoms with Crippen LogP contribution in [0.15, 0.2) is 18.5 Å². The third-order valence-corrected chi connectivity index (χ3v) is 4.50. The molecule has 0 amide bonds. The molecule has 0 aliphatic carbocycles. The number of hydrogen-bond donors (Lipinski definition) is 3. The average Bonchev–Trinajstić information content (AvgIpc) is 2.66. The van der Waals surface area contributed by atoms with Crippen molar-refractivity contribution in [2.75, 3.05) is 61.6 Å². The fourth-order valence-electron chi connectivity index (χ4n) is 2.48. The maximum absolute atomic E-state index is 11.2. The van der Waals surface area contributed by atoms with Crippen molar-refractivity contribution >= 4 is 27.7 Å². The molecule has 27 heavy (non-hydrogen) atoms. The lowest BCUT2D eigenvalue weighted by Gasteiger charge is -2.27. The molecule has 1 saturated heterocycles. The van der Waals surface area contributed by atoms with Crippen molar-refractivity contribution in [3.63, 3.8) is 0 Å². The summed E-state index contributed by atoms with van der Waals surface area (Å²) in [4.78, 5) is 19.2. The van der Waals surface area contributed by atoms with E-state index >= 15 is 0 Å². The number of nitrogen functional groups attached to an aromatic ring is 1. The molecule has 2 aromatic heterocycles. The van der Waals surface area contributed by atoms with Crippen molar-refractivity contribution in [1.82, 2.24) is 24.7 Å². The highest BCUT2D eigenvalue weighted by Crippen LogP contribution is 2.22. The second-order valence-corrected chi connectivity index (χ2v) is 7.79. The third-order valence-electron chi connectivity index (χ3n) is 3.77. The van der Waals surface area contributed by atoms with E-state index in [9.17, 15) is 8.42 Å². The standard InChI is InChI=1S/C15H22N8O3S/c1-27(24,25)20-3-2-17-13-8-12(11-9-18-14(16)19-10-11)21-15(22-13)23-4-6-26-7-5-23/h8-10,20H,2-7H2,1H3,(H2,16,18,19)(H,17,21,22). The quantitative estimate of drug-likeness (QED) is 0.515. The van der Waals surface area contributed by atoms with Crippen LogP contribution in [-0.2, 0) is 14.8 Å². The van der Waals surface area contributed by atoms with Gasteiger partial charge in [-0.25, -0.2) is 28.1 Å². The molecule has 146 valence electrons. The molecule has 0 radical (unpaired) electrons. The molecular formula is C15H22N8O3S. The fourth-order valence-corrected chi connectivity index (χ4v) is 2.95. The van der Waals surface area contributed by atoms with Crippen molar-refractivity contribution in [1.29, 1.82) is 0 Å². The summed E-state index contributed by atoms with van der Waals surface area (Å²) in [7, 11) is -3.23. The number of rotatable bonds is 7. The Bertz CT molecular complexity index is 869. The number of aromatic nitrogens is 4. The summed E-state index contributed by atoms with van der Waals surface area (Å²) in [6.07, 6.45) is 4.32. The first-order valence-corrected chi connectivity index (χ1v) is 10.3. The molecule has 0 unspecified atom stereocenters. The highest BCUT2D eigenvalue weighted by Gasteiger charge is 2.16. The minimum Gasteiger partial charge on any atom is -0.378 e. The van der Waals surface area contributed by atoms with Crippen LogP contribution >= 0.6 is 0 Å². The van der Waals surface area contributed by atoms with E-state index < -0.39 is 10.0 Å². The van der Waals surface area contributed by atoms with Crippen molar-refractivity contribution in [3.05, 3.63) is 18.5 Å². The highest BCUT2D eigenvalue weighted by atomic mass is 32.2. The molecule has 11 nitrogen and oxygen atoms in total. The van der Waals surface area contributed by atoms with Crippen molar-refractivity contribution in [3.8, 4) is 11.3 Å². The molecule has 0 atom stereocenters. The zero-order chi connectivity index (χ0) is 19.3. The number of nitrogens with one attached hydrogen (secondary N) is 2. The first-order valence-electron chi connectivity index (χ1n) is 8.39. The summed E-state index contributed by atoms with van der Waals surface area (Å²) >= 11 is 0. The number of anilines is 3. The van der Waals surface area contributed by atoms with E-state index in [0.717, 1.165) is 6.26 Å². The molecule has 0 spiro atoms. The van der Waals surface area contributed by atoms with E-state index in [-0.39, 0.29) is 12.5 Å². The van der Waals surface area contributed by atoms with Crippen LogP contribution in [0.25, 0.3) is 11.3 Å². The van der Waals surface area contributed by atoms with Crippen molar-refractivity contribution in [2.45, 2.75) is 0 Å². The summed E-state index contributed by atoms with van der Waals surface area (Å²) in [5.74, 6) is 1.33. The van der Waals surface area contributed by atoms with Crippen molar-refractivity contribution in [2.24, 2.45) is 0 Å². The molecule has 1 fully saturated rings. The van der Waals surface area contributed by atoms with E-state index in [4.69, 9.17) is 10.5 Å². The van der Waals surface area contributed by atoms with E-state index in [1.54, 1.807) is 18.5 Å². The van der Waals surface area contributed by atoms with E-state index in [1.165, 1.54) is 0 Å². The molecule has 1 aliphatic heterocycles. The molecule has 12 heteroatoms. The largest absolute Gasteiger partial charge is 0.378 e. The van der Waals surface area contributed by atoms with Gasteiger partial charge in [0.15, 0.2) is 0 Å². The predicted octanol–water partition coefficient (Wildman–Crippen LogP) is -0.686. The summed E-state index contributed by atoms with van der Waals surface area (Å²) in [5, 5.41) is 3.12. The van der Waals surface area contributed by atoms with Gasteiger partial charge >= 0.3 is 0 Å². The SMILES string of the molecule is CS(=O)(=O)NCCNc1cc(-c2cnc(N)nc2)nc(N2CCOCC2)n1. The van der Waals surface area contributed by atoms with Crippen molar-refractivity contribution < 1.29 is 13.2 Å². The summed E-state index contributed by atoms with van der Waals surface area (Å²) in [5.41, 5.74) is 6.90. The molecule has 0 aromatic carbocycles. The first kappa shape index (κ1) is 19.2. The summed E-state index contributed by atoms with van der Waals surface area (Å²) in [6.45, 7) is 3.23. The van der Waals surface area contributed by atoms with Crippen LogP contribution in [0, 0.1) is 0 Å². The topological polar surface area (TPSA) is 148 Å². The van der Waals surface area contributed by atoms with Gasteiger partial charge in [-0.05, 0) is 0 Å². The van der Waals surface area contributed by atoms with Crippen LogP contribution in [0.4, 0.5) is 17.7 Å². The molecule has 0 bridgehead atoms. The van der Waals surface area contributed by atoms with Gasteiger partial charge in [0.1, 0.15) is 5.82 Å². The van der Waals surface area contributed by atoms with Gasteiger partial charge in [0.05, 0.1) is 25.2 Å². The predicted molar refractivity (Wildman–Crippen MR) is 102 cm³/mol. The Kier molecular flexibility index (Phi) is 5.98. The normalized spacial score (nSPS) is 14.9. The van der Waals surface area contributed by atoms with Crippen LogP contribution in [0.2, 0.25) is 0 Å². The monoisotopic (exact) mass is 394 g/mol. The van der Waals surface area contributed by atoms with Gasteiger partial charge in [0, 0.05) is 50.2 Å². The highest BCUT2D eigenvalue weighted by molar-refractivity contribution is 7.88. The zero-order valence-corrected chi connectivity index (χ0v) is 15.7. The Morgan fingerprint density at radius 1 is 1.19 bits per heavy atom. The van der Waals surface area contributed by atoms with Gasteiger partial charge < -0.3 is 20.7 Å². The minimum atomic E-state index is -3.23. The molecule has 4 N–H and O–H groups in total. The maximum atomic E-state index is 11.2. The number of hydrogen-bond acceptors (Lipinski definition) is 10. The number of ether oxygens (including phenoxy) is 1. The van der Waals surface area contributed by atoms with E-state index in [1.807, 2.05) is 4.90 Å². The van der Waals surface area contributed by atoms with Gasteiger partial charge in [0.25, 0.3) is 0 Å². The second-order valence-electron chi connectivity index (χ2n) is 5.96. The molecule has 1 aliphatic rings. The molecule has 0 saturated carbocycles. The minimum absolute atomic E-state index is 0.186. The van der Waals surface area contributed by atoms with Crippen LogP contribution < -0.4 is 20.7 Å². The average molecular weight is 394 g/mol. The van der Waals surface area contributed by atoms with E-state index in [0.29, 0.717) is 55.9 Å². The zero-order valence-electron chi connectivity index (χ0n) is 14.9. The fraction of sp³-hybridized carbons (Fsp3) is 0.467. The van der Waals surface area contributed by atoms with Gasteiger partial charge in [-0.3, -0.25) is 0 Å². The molecule has 3 rings (SSSR count). The summed E-state index contributed by atoms with van der Waals surface area (Å²) < 4.78 is 30.1. The Morgan fingerprint density at radius 3 is 2.56 bits per heavy atom. The maximum Gasteiger partial charge on any atom is 0.228 e. The van der Waals surface area contributed by atoms with Crippen LogP contribution in [-0.4, -0.2) is 74.0 Å².